The largest absolute Gasteiger partial charge is 0.434 e. The van der Waals surface area contributed by atoms with Gasteiger partial charge in [0, 0.05) is 36.5 Å². The van der Waals surface area contributed by atoms with Crippen molar-refractivity contribution in [2.75, 3.05) is 5.32 Å². The number of anilines is 1. The highest BCUT2D eigenvalue weighted by Crippen LogP contribution is 2.37. The maximum absolute atomic E-state index is 14.1. The summed E-state index contributed by atoms with van der Waals surface area (Å²) in [5, 5.41) is 9.53. The number of carbonyl (C=O) groups is 1. The standard InChI is InChI=1S/C23H13F6N7O2/c24-22(25,26)15-11-13(4-5-16(15)35-10-2-7-31-35)33-21(38)14-12-32-36(19(14)23(27,28)29)17-3-1-9-34-18(37)6-8-30-20(17)34/h1-12H,(H,33,38). The highest BCUT2D eigenvalue weighted by atomic mass is 19.4. The molecule has 0 aliphatic rings. The second-order valence-electron chi connectivity index (χ2n) is 7.82. The molecule has 5 aromatic rings. The molecule has 38 heavy (non-hydrogen) atoms. The molecule has 0 atom stereocenters. The van der Waals surface area contributed by atoms with Crippen molar-refractivity contribution in [1.29, 1.82) is 0 Å². The normalized spacial score (nSPS) is 12.2. The summed E-state index contributed by atoms with van der Waals surface area (Å²) in [6, 6.07) is 7.75. The Morgan fingerprint density at radius 1 is 0.868 bits per heavy atom. The fourth-order valence-electron chi connectivity index (χ4n) is 3.83. The van der Waals surface area contributed by atoms with Crippen LogP contribution in [0.2, 0.25) is 0 Å². The van der Waals surface area contributed by atoms with Gasteiger partial charge in [-0.05, 0) is 36.4 Å². The van der Waals surface area contributed by atoms with Crippen molar-refractivity contribution in [2.45, 2.75) is 12.4 Å². The van der Waals surface area contributed by atoms with Gasteiger partial charge in [-0.3, -0.25) is 14.0 Å². The van der Waals surface area contributed by atoms with Crippen molar-refractivity contribution in [1.82, 2.24) is 28.9 Å². The number of aromatic nitrogens is 6. The highest BCUT2D eigenvalue weighted by Gasteiger charge is 2.41. The Bertz CT molecular complexity index is 1720. The summed E-state index contributed by atoms with van der Waals surface area (Å²) >= 11 is 0. The molecule has 15 heteroatoms. The van der Waals surface area contributed by atoms with Gasteiger partial charge in [-0.1, -0.05) is 0 Å². The topological polar surface area (TPSA) is 99.1 Å². The summed E-state index contributed by atoms with van der Waals surface area (Å²) in [6.45, 7) is 0. The van der Waals surface area contributed by atoms with E-state index >= 15 is 0 Å². The number of benzene rings is 1. The third kappa shape index (κ3) is 4.38. The molecule has 5 rings (SSSR count). The first-order valence-corrected chi connectivity index (χ1v) is 10.6. The lowest BCUT2D eigenvalue weighted by Gasteiger charge is -2.16. The molecule has 1 amide bonds. The number of hydrogen-bond acceptors (Lipinski definition) is 5. The summed E-state index contributed by atoms with van der Waals surface area (Å²) in [6.07, 6.45) is -4.39. The summed E-state index contributed by atoms with van der Waals surface area (Å²) in [4.78, 5) is 28.9. The summed E-state index contributed by atoms with van der Waals surface area (Å²) in [7, 11) is 0. The third-order valence-electron chi connectivity index (χ3n) is 5.42. The predicted molar refractivity (Wildman–Crippen MR) is 120 cm³/mol. The minimum Gasteiger partial charge on any atom is -0.322 e. The number of halogens is 6. The van der Waals surface area contributed by atoms with Crippen molar-refractivity contribution in [3.63, 3.8) is 0 Å². The average molecular weight is 533 g/mol. The number of amides is 1. The van der Waals surface area contributed by atoms with E-state index in [1.807, 2.05) is 0 Å². The quantitative estimate of drug-likeness (QED) is 0.347. The van der Waals surface area contributed by atoms with Gasteiger partial charge in [0.2, 0.25) is 0 Å². The third-order valence-corrected chi connectivity index (χ3v) is 5.42. The maximum Gasteiger partial charge on any atom is 0.434 e. The van der Waals surface area contributed by atoms with E-state index in [2.05, 4.69) is 20.5 Å². The lowest BCUT2D eigenvalue weighted by atomic mass is 10.1. The summed E-state index contributed by atoms with van der Waals surface area (Å²) in [5.41, 5.74) is -5.36. The number of alkyl halides is 6. The van der Waals surface area contributed by atoms with Crippen molar-refractivity contribution in [3.05, 3.63) is 101 Å². The second-order valence-corrected chi connectivity index (χ2v) is 7.82. The van der Waals surface area contributed by atoms with E-state index < -0.39 is 46.3 Å². The van der Waals surface area contributed by atoms with E-state index in [1.54, 1.807) is 0 Å². The van der Waals surface area contributed by atoms with Crippen LogP contribution in [0.3, 0.4) is 0 Å². The van der Waals surface area contributed by atoms with Crippen LogP contribution < -0.4 is 10.9 Å². The van der Waals surface area contributed by atoms with Gasteiger partial charge in [0.1, 0.15) is 5.69 Å². The number of rotatable bonds is 4. The Hall–Kier alpha value is -4.95. The Kier molecular flexibility index (Phi) is 5.77. The van der Waals surface area contributed by atoms with Gasteiger partial charge in [-0.15, -0.1) is 0 Å². The molecule has 0 radical (unpaired) electrons. The van der Waals surface area contributed by atoms with Crippen molar-refractivity contribution in [3.8, 4) is 11.4 Å². The number of pyridine rings is 1. The molecular formula is C23H13F6N7O2. The predicted octanol–water partition coefficient (Wildman–Crippen LogP) is 4.36. The number of carbonyl (C=O) groups excluding carboxylic acids is 1. The Balaban J connectivity index is 1.57. The van der Waals surface area contributed by atoms with E-state index in [0.29, 0.717) is 16.9 Å². The SMILES string of the molecule is O=C(Nc1ccc(-n2cccn2)c(C(F)(F)F)c1)c1cnn(-c2cccn3c(=O)ccnc23)c1C(F)(F)F. The molecule has 0 aliphatic carbocycles. The van der Waals surface area contributed by atoms with E-state index in [4.69, 9.17) is 0 Å². The molecule has 0 fully saturated rings. The average Bonchev–Trinajstić information content (AvgIpc) is 3.54. The molecule has 0 unspecified atom stereocenters. The fraction of sp³-hybridized carbons (Fsp3) is 0.0870. The summed E-state index contributed by atoms with van der Waals surface area (Å²) in [5.74, 6) is -1.35. The van der Waals surface area contributed by atoms with Crippen LogP contribution in [0.25, 0.3) is 17.0 Å². The molecule has 4 aromatic heterocycles. The lowest BCUT2D eigenvalue weighted by Crippen LogP contribution is -2.22. The van der Waals surface area contributed by atoms with Gasteiger partial charge < -0.3 is 5.32 Å². The molecule has 1 N–H and O–H groups in total. The van der Waals surface area contributed by atoms with E-state index in [1.165, 1.54) is 36.8 Å². The number of fused-ring (bicyclic) bond motifs is 1. The molecule has 0 saturated heterocycles. The van der Waals surface area contributed by atoms with Gasteiger partial charge in [0.25, 0.3) is 11.5 Å². The molecule has 0 bridgehead atoms. The smallest absolute Gasteiger partial charge is 0.322 e. The van der Waals surface area contributed by atoms with Crippen molar-refractivity contribution in [2.24, 2.45) is 0 Å². The number of nitrogens with zero attached hydrogens (tertiary/aromatic N) is 6. The Morgan fingerprint density at radius 2 is 1.66 bits per heavy atom. The molecule has 0 spiro atoms. The highest BCUT2D eigenvalue weighted by molar-refractivity contribution is 6.05. The van der Waals surface area contributed by atoms with Gasteiger partial charge in [0.15, 0.2) is 11.3 Å². The minimum absolute atomic E-state index is 0.162. The molecule has 1 aromatic carbocycles. The van der Waals surface area contributed by atoms with Gasteiger partial charge in [0.05, 0.1) is 23.0 Å². The van der Waals surface area contributed by atoms with E-state index in [0.717, 1.165) is 33.5 Å². The molecule has 4 heterocycles. The Morgan fingerprint density at radius 3 is 2.34 bits per heavy atom. The van der Waals surface area contributed by atoms with Crippen LogP contribution in [0, 0.1) is 0 Å². The molecule has 194 valence electrons. The van der Waals surface area contributed by atoms with Crippen molar-refractivity contribution >= 4 is 17.2 Å². The van der Waals surface area contributed by atoms with Crippen LogP contribution in [0.5, 0.6) is 0 Å². The molecule has 0 aliphatic heterocycles. The van der Waals surface area contributed by atoms with Crippen LogP contribution >= 0.6 is 0 Å². The zero-order chi connectivity index (χ0) is 27.2. The van der Waals surface area contributed by atoms with Crippen LogP contribution in [0.15, 0.2) is 78.2 Å². The number of hydrogen-bond donors (Lipinski definition) is 1. The summed E-state index contributed by atoms with van der Waals surface area (Å²) < 4.78 is 85.9. The Labute approximate surface area is 207 Å². The molecular weight excluding hydrogens is 520 g/mol. The number of nitrogens with one attached hydrogen (secondary N) is 1. The van der Waals surface area contributed by atoms with Gasteiger partial charge >= 0.3 is 12.4 Å². The first kappa shape index (κ1) is 24.7. The monoisotopic (exact) mass is 533 g/mol. The van der Waals surface area contributed by atoms with E-state index in [-0.39, 0.29) is 17.0 Å². The first-order valence-electron chi connectivity index (χ1n) is 10.6. The maximum atomic E-state index is 14.1. The van der Waals surface area contributed by atoms with Gasteiger partial charge in [-0.2, -0.15) is 36.5 Å². The zero-order valence-corrected chi connectivity index (χ0v) is 18.7. The van der Waals surface area contributed by atoms with Crippen molar-refractivity contribution < 1.29 is 31.1 Å². The second kappa shape index (κ2) is 8.86. The van der Waals surface area contributed by atoms with Crippen LogP contribution in [0.1, 0.15) is 21.6 Å². The van der Waals surface area contributed by atoms with Crippen LogP contribution in [-0.2, 0) is 12.4 Å². The molecule has 9 nitrogen and oxygen atoms in total. The molecule has 0 saturated carbocycles. The van der Waals surface area contributed by atoms with E-state index in [9.17, 15) is 35.9 Å². The van der Waals surface area contributed by atoms with Gasteiger partial charge in [-0.25, -0.2) is 14.3 Å². The first-order chi connectivity index (χ1) is 17.9. The van der Waals surface area contributed by atoms with Crippen LogP contribution in [-0.4, -0.2) is 34.9 Å². The zero-order valence-electron chi connectivity index (χ0n) is 18.7. The lowest BCUT2D eigenvalue weighted by molar-refractivity contribution is -0.143. The van der Waals surface area contributed by atoms with Crippen LogP contribution in [0.4, 0.5) is 32.0 Å². The fourth-order valence-corrected chi connectivity index (χ4v) is 3.83. The minimum atomic E-state index is -5.12.